The van der Waals surface area contributed by atoms with Crippen molar-refractivity contribution in [2.24, 2.45) is 18.7 Å². The Hall–Kier alpha value is -0.870. The molecule has 1 aliphatic carbocycles. The van der Waals surface area contributed by atoms with Crippen molar-refractivity contribution in [3.63, 3.8) is 0 Å². The Morgan fingerprint density at radius 3 is 3.00 bits per heavy atom. The number of aromatic nitrogens is 2. The summed E-state index contributed by atoms with van der Waals surface area (Å²) in [6, 6.07) is -0.0751. The lowest BCUT2D eigenvalue weighted by atomic mass is 9.73. The zero-order valence-corrected chi connectivity index (χ0v) is 11.7. The molecule has 18 heavy (non-hydrogen) atoms. The van der Waals surface area contributed by atoms with Gasteiger partial charge < -0.3 is 10.5 Å². The van der Waals surface area contributed by atoms with E-state index >= 15 is 0 Å². The molecule has 1 aromatic heterocycles. The Bertz CT molecular complexity index is 386. The first-order chi connectivity index (χ1) is 8.57. The van der Waals surface area contributed by atoms with Gasteiger partial charge in [0.25, 0.3) is 0 Å². The lowest BCUT2D eigenvalue weighted by Gasteiger charge is -2.43. The molecule has 0 saturated heterocycles. The van der Waals surface area contributed by atoms with E-state index in [9.17, 15) is 0 Å². The minimum absolute atomic E-state index is 0.0751. The van der Waals surface area contributed by atoms with Gasteiger partial charge in [-0.25, -0.2) is 0 Å². The molecule has 102 valence electrons. The molecule has 1 heterocycles. The van der Waals surface area contributed by atoms with E-state index < -0.39 is 0 Å². The fraction of sp³-hybridized carbons (Fsp3) is 0.786. The van der Waals surface area contributed by atoms with E-state index in [1.165, 1.54) is 12.8 Å². The lowest BCUT2D eigenvalue weighted by Crippen LogP contribution is -2.47. The van der Waals surface area contributed by atoms with Crippen molar-refractivity contribution in [2.75, 3.05) is 6.61 Å². The summed E-state index contributed by atoms with van der Waals surface area (Å²) in [5.41, 5.74) is 7.37. The molecule has 4 nitrogen and oxygen atoms in total. The van der Waals surface area contributed by atoms with Crippen LogP contribution in [0.25, 0.3) is 0 Å². The molecule has 0 aliphatic heterocycles. The minimum Gasteiger partial charge on any atom is -0.373 e. The molecule has 3 unspecified atom stereocenters. The van der Waals surface area contributed by atoms with Crippen molar-refractivity contribution in [3.05, 3.63) is 18.0 Å². The van der Waals surface area contributed by atoms with Crippen LogP contribution in [0.3, 0.4) is 0 Å². The van der Waals surface area contributed by atoms with Crippen molar-refractivity contribution >= 4 is 0 Å². The van der Waals surface area contributed by atoms with E-state index in [0.717, 1.165) is 25.0 Å². The number of ether oxygens (including phenoxy) is 1. The van der Waals surface area contributed by atoms with Gasteiger partial charge in [-0.1, -0.05) is 19.8 Å². The molecule has 0 aromatic carbocycles. The van der Waals surface area contributed by atoms with Gasteiger partial charge in [-0.3, -0.25) is 4.68 Å². The van der Waals surface area contributed by atoms with E-state index in [1.807, 2.05) is 19.4 Å². The number of hydrogen-bond acceptors (Lipinski definition) is 3. The van der Waals surface area contributed by atoms with Crippen molar-refractivity contribution in [2.45, 2.75) is 51.2 Å². The van der Waals surface area contributed by atoms with Crippen molar-refractivity contribution < 1.29 is 4.74 Å². The highest BCUT2D eigenvalue weighted by Gasteiger charge is 2.42. The van der Waals surface area contributed by atoms with E-state index in [4.69, 9.17) is 10.5 Å². The summed E-state index contributed by atoms with van der Waals surface area (Å²) in [6.45, 7) is 5.07. The molecule has 2 rings (SSSR count). The Morgan fingerprint density at radius 2 is 2.44 bits per heavy atom. The molecule has 1 aromatic rings. The molecule has 4 heteroatoms. The first kappa shape index (κ1) is 13.6. The second-order valence-electron chi connectivity index (χ2n) is 5.62. The number of hydrogen-bond donors (Lipinski definition) is 1. The highest BCUT2D eigenvalue weighted by Crippen LogP contribution is 2.42. The standard InChI is InChI=1S/C14H25N3O/c1-4-18-14(7-5-6-11(2)8-14)13(15)12-9-16-17(3)10-12/h9-11,13H,4-8,15H2,1-3H3. The van der Waals surface area contributed by atoms with Crippen LogP contribution >= 0.6 is 0 Å². The fourth-order valence-electron chi connectivity index (χ4n) is 3.24. The maximum Gasteiger partial charge on any atom is 0.0877 e. The fourth-order valence-corrected chi connectivity index (χ4v) is 3.24. The molecule has 0 radical (unpaired) electrons. The van der Waals surface area contributed by atoms with E-state index in [-0.39, 0.29) is 11.6 Å². The second-order valence-corrected chi connectivity index (χ2v) is 5.62. The molecule has 3 atom stereocenters. The third-order valence-electron chi connectivity index (χ3n) is 4.07. The molecule has 1 saturated carbocycles. The van der Waals surface area contributed by atoms with E-state index in [2.05, 4.69) is 18.9 Å². The Kier molecular flexibility index (Phi) is 4.07. The average molecular weight is 251 g/mol. The van der Waals surface area contributed by atoms with Crippen LogP contribution in [0.15, 0.2) is 12.4 Å². The van der Waals surface area contributed by atoms with Gasteiger partial charge >= 0.3 is 0 Å². The second kappa shape index (κ2) is 5.41. The number of aryl methyl sites for hydroxylation is 1. The van der Waals surface area contributed by atoms with Crippen LogP contribution < -0.4 is 5.73 Å². The molecule has 0 bridgehead atoms. The van der Waals surface area contributed by atoms with Gasteiger partial charge in [-0.15, -0.1) is 0 Å². The zero-order chi connectivity index (χ0) is 13.2. The summed E-state index contributed by atoms with van der Waals surface area (Å²) in [5, 5.41) is 4.22. The van der Waals surface area contributed by atoms with Gasteiger partial charge in [0.05, 0.1) is 17.8 Å². The van der Waals surface area contributed by atoms with Crippen LogP contribution in [0.5, 0.6) is 0 Å². The minimum atomic E-state index is -0.199. The number of nitrogens with zero attached hydrogens (tertiary/aromatic N) is 2. The zero-order valence-electron chi connectivity index (χ0n) is 11.7. The smallest absolute Gasteiger partial charge is 0.0877 e. The number of rotatable bonds is 4. The largest absolute Gasteiger partial charge is 0.373 e. The quantitative estimate of drug-likeness (QED) is 0.894. The van der Waals surface area contributed by atoms with Crippen molar-refractivity contribution in [1.82, 2.24) is 9.78 Å². The van der Waals surface area contributed by atoms with Gasteiger partial charge in [-0.2, -0.15) is 5.10 Å². The first-order valence-electron chi connectivity index (χ1n) is 6.95. The molecule has 1 aliphatic rings. The Balaban J connectivity index is 2.23. The maximum atomic E-state index is 6.49. The number of nitrogens with two attached hydrogens (primary N) is 1. The normalized spacial score (nSPS) is 30.3. The van der Waals surface area contributed by atoms with Gasteiger partial charge in [-0.05, 0) is 25.7 Å². The summed E-state index contributed by atoms with van der Waals surface area (Å²) in [7, 11) is 1.92. The predicted molar refractivity (Wildman–Crippen MR) is 72.1 cm³/mol. The van der Waals surface area contributed by atoms with Gasteiger partial charge in [0, 0.05) is 25.4 Å². The highest BCUT2D eigenvalue weighted by molar-refractivity contribution is 5.16. The molecule has 2 N–H and O–H groups in total. The maximum absolute atomic E-state index is 6.49. The van der Waals surface area contributed by atoms with Gasteiger partial charge in [0.2, 0.25) is 0 Å². The average Bonchev–Trinajstić information content (AvgIpc) is 2.75. The van der Waals surface area contributed by atoms with Crippen LogP contribution in [-0.2, 0) is 11.8 Å². The molecular weight excluding hydrogens is 226 g/mol. The van der Waals surface area contributed by atoms with E-state index in [1.54, 1.807) is 4.68 Å². The third kappa shape index (κ3) is 2.59. The Labute approximate surface area is 110 Å². The van der Waals surface area contributed by atoms with Gasteiger partial charge in [0.15, 0.2) is 0 Å². The molecule has 1 fully saturated rings. The summed E-state index contributed by atoms with van der Waals surface area (Å²) in [6.07, 6.45) is 8.47. The van der Waals surface area contributed by atoms with Crippen LogP contribution in [0.2, 0.25) is 0 Å². The summed E-state index contributed by atoms with van der Waals surface area (Å²) < 4.78 is 7.91. The van der Waals surface area contributed by atoms with Crippen LogP contribution in [0.4, 0.5) is 0 Å². The SMILES string of the molecule is CCOC1(C(N)c2cnn(C)c2)CCCC(C)C1. The highest BCUT2D eigenvalue weighted by atomic mass is 16.5. The molecule has 0 amide bonds. The van der Waals surface area contributed by atoms with Crippen LogP contribution in [0, 0.1) is 5.92 Å². The molecular formula is C14H25N3O. The summed E-state index contributed by atoms with van der Waals surface area (Å²) in [5.74, 6) is 0.688. The first-order valence-corrected chi connectivity index (χ1v) is 6.95. The Morgan fingerprint density at radius 1 is 1.67 bits per heavy atom. The van der Waals surface area contributed by atoms with Crippen molar-refractivity contribution in [1.29, 1.82) is 0 Å². The lowest BCUT2D eigenvalue weighted by molar-refractivity contribution is -0.0938. The predicted octanol–water partition coefficient (Wildman–Crippen LogP) is 2.41. The van der Waals surface area contributed by atoms with Crippen LogP contribution in [-0.4, -0.2) is 22.0 Å². The topological polar surface area (TPSA) is 53.1 Å². The monoisotopic (exact) mass is 251 g/mol. The van der Waals surface area contributed by atoms with Gasteiger partial charge in [0.1, 0.15) is 0 Å². The van der Waals surface area contributed by atoms with E-state index in [0.29, 0.717) is 5.92 Å². The summed E-state index contributed by atoms with van der Waals surface area (Å²) >= 11 is 0. The van der Waals surface area contributed by atoms with Crippen molar-refractivity contribution in [3.8, 4) is 0 Å². The summed E-state index contributed by atoms with van der Waals surface area (Å²) in [4.78, 5) is 0. The molecule has 0 spiro atoms. The van der Waals surface area contributed by atoms with Crippen LogP contribution in [0.1, 0.15) is 51.1 Å². The third-order valence-corrected chi connectivity index (χ3v) is 4.07.